The van der Waals surface area contributed by atoms with E-state index in [1.807, 2.05) is 44.4 Å². The van der Waals surface area contributed by atoms with Gasteiger partial charge in [0.1, 0.15) is 22.5 Å². The fraction of sp³-hybridized carbons (Fsp3) is 0.115. The molecule has 6 rings (SSSR count). The van der Waals surface area contributed by atoms with Crippen LogP contribution >= 0.6 is 11.3 Å². The molecule has 0 radical (unpaired) electrons. The number of nitrogens with one attached hydrogen (secondary N) is 1. The van der Waals surface area contributed by atoms with Crippen molar-refractivity contribution < 1.29 is 4.39 Å². The molecule has 0 saturated carbocycles. The van der Waals surface area contributed by atoms with Crippen molar-refractivity contribution in [2.45, 2.75) is 13.0 Å². The SMILES string of the molecule is C[C@H](Nc1ncnc2scnc12)c1cc2cccc(-c3cnn(C)c3)c2c(=O)n1-c1cccc(F)c1. The van der Waals surface area contributed by atoms with Gasteiger partial charge in [-0.05, 0) is 42.1 Å². The summed E-state index contributed by atoms with van der Waals surface area (Å²) in [6, 6.07) is 13.4. The van der Waals surface area contributed by atoms with Gasteiger partial charge >= 0.3 is 0 Å². The molecule has 0 aliphatic carbocycles. The van der Waals surface area contributed by atoms with Gasteiger partial charge in [-0.2, -0.15) is 5.10 Å². The minimum atomic E-state index is -0.424. The number of benzene rings is 2. The third kappa shape index (κ3) is 3.72. The molecule has 1 atom stereocenters. The van der Waals surface area contributed by atoms with Crippen molar-refractivity contribution in [2.75, 3.05) is 5.32 Å². The highest BCUT2D eigenvalue weighted by Crippen LogP contribution is 2.31. The van der Waals surface area contributed by atoms with E-state index < -0.39 is 5.82 Å². The molecule has 4 aromatic heterocycles. The molecule has 0 fully saturated rings. The van der Waals surface area contributed by atoms with Crippen LogP contribution in [0.25, 0.3) is 37.9 Å². The van der Waals surface area contributed by atoms with E-state index in [9.17, 15) is 9.18 Å². The average molecular weight is 498 g/mol. The summed E-state index contributed by atoms with van der Waals surface area (Å²) in [6.45, 7) is 1.93. The van der Waals surface area contributed by atoms with E-state index in [0.29, 0.717) is 28.1 Å². The van der Waals surface area contributed by atoms with Gasteiger partial charge in [0, 0.05) is 24.5 Å². The molecule has 0 spiro atoms. The lowest BCUT2D eigenvalue weighted by Gasteiger charge is -2.22. The molecule has 0 aliphatic rings. The Balaban J connectivity index is 1.59. The van der Waals surface area contributed by atoms with E-state index in [-0.39, 0.29) is 11.6 Å². The molecule has 0 aliphatic heterocycles. The summed E-state index contributed by atoms with van der Waals surface area (Å²) in [4.78, 5) is 27.9. The summed E-state index contributed by atoms with van der Waals surface area (Å²) in [5, 5.41) is 8.96. The van der Waals surface area contributed by atoms with E-state index in [1.54, 1.807) is 33.1 Å². The Morgan fingerprint density at radius 3 is 2.75 bits per heavy atom. The number of pyridine rings is 1. The molecule has 178 valence electrons. The highest BCUT2D eigenvalue weighted by Gasteiger charge is 2.20. The Kier molecular flexibility index (Phi) is 5.30. The van der Waals surface area contributed by atoms with Crippen LogP contribution in [-0.4, -0.2) is 29.3 Å². The summed E-state index contributed by atoms with van der Waals surface area (Å²) in [5.74, 6) is 0.141. The quantitative estimate of drug-likeness (QED) is 0.356. The number of aryl methyl sites for hydroxylation is 1. The van der Waals surface area contributed by atoms with Gasteiger partial charge in [-0.15, -0.1) is 11.3 Å². The summed E-state index contributed by atoms with van der Waals surface area (Å²) in [6.07, 6.45) is 5.08. The summed E-state index contributed by atoms with van der Waals surface area (Å²) >= 11 is 1.43. The summed E-state index contributed by atoms with van der Waals surface area (Å²) < 4.78 is 17.6. The zero-order valence-corrected chi connectivity index (χ0v) is 20.2. The molecule has 0 bridgehead atoms. The Labute approximate surface area is 208 Å². The maximum atomic E-state index is 14.3. The van der Waals surface area contributed by atoms with Gasteiger partial charge in [0.25, 0.3) is 5.56 Å². The van der Waals surface area contributed by atoms with Crippen LogP contribution in [-0.2, 0) is 7.05 Å². The lowest BCUT2D eigenvalue weighted by Crippen LogP contribution is -2.26. The second-order valence-corrected chi connectivity index (χ2v) is 9.29. The van der Waals surface area contributed by atoms with Gasteiger partial charge in [-0.3, -0.25) is 14.0 Å². The van der Waals surface area contributed by atoms with Crippen LogP contribution in [0.2, 0.25) is 0 Å². The minimum Gasteiger partial charge on any atom is -0.360 e. The van der Waals surface area contributed by atoms with Gasteiger partial charge in [0.2, 0.25) is 0 Å². The van der Waals surface area contributed by atoms with Gasteiger partial charge in [0.15, 0.2) is 5.82 Å². The number of rotatable bonds is 5. The topological polar surface area (TPSA) is 90.5 Å². The van der Waals surface area contributed by atoms with Gasteiger partial charge in [-0.1, -0.05) is 24.3 Å². The fourth-order valence-corrected chi connectivity index (χ4v) is 5.09. The van der Waals surface area contributed by atoms with E-state index in [0.717, 1.165) is 21.3 Å². The Morgan fingerprint density at radius 1 is 1.08 bits per heavy atom. The van der Waals surface area contributed by atoms with Crippen molar-refractivity contribution in [3.63, 3.8) is 0 Å². The van der Waals surface area contributed by atoms with E-state index >= 15 is 0 Å². The predicted octanol–water partition coefficient (Wildman–Crippen LogP) is 5.10. The van der Waals surface area contributed by atoms with Crippen LogP contribution < -0.4 is 10.9 Å². The van der Waals surface area contributed by atoms with Crippen molar-refractivity contribution in [2.24, 2.45) is 7.05 Å². The maximum Gasteiger partial charge on any atom is 0.263 e. The van der Waals surface area contributed by atoms with Gasteiger partial charge < -0.3 is 5.32 Å². The fourth-order valence-electron chi connectivity index (χ4n) is 4.46. The molecule has 0 amide bonds. The smallest absolute Gasteiger partial charge is 0.263 e. The number of thiazole rings is 1. The summed E-state index contributed by atoms with van der Waals surface area (Å²) in [5.41, 5.74) is 4.82. The number of anilines is 1. The van der Waals surface area contributed by atoms with Crippen LogP contribution in [0.5, 0.6) is 0 Å². The molecule has 10 heteroatoms. The van der Waals surface area contributed by atoms with Crippen LogP contribution in [0.3, 0.4) is 0 Å². The van der Waals surface area contributed by atoms with Crippen molar-refractivity contribution in [3.05, 3.63) is 94.6 Å². The largest absolute Gasteiger partial charge is 0.360 e. The van der Waals surface area contributed by atoms with Crippen molar-refractivity contribution in [3.8, 4) is 16.8 Å². The van der Waals surface area contributed by atoms with Gasteiger partial charge in [-0.25, -0.2) is 19.3 Å². The van der Waals surface area contributed by atoms with E-state index in [1.165, 1.54) is 29.8 Å². The Hall–Kier alpha value is -4.44. The molecule has 2 aromatic carbocycles. The second-order valence-electron chi connectivity index (χ2n) is 8.46. The molecular weight excluding hydrogens is 477 g/mol. The number of fused-ring (bicyclic) bond motifs is 2. The highest BCUT2D eigenvalue weighted by atomic mass is 32.1. The number of hydrogen-bond acceptors (Lipinski definition) is 7. The first-order valence-electron chi connectivity index (χ1n) is 11.2. The first-order valence-corrected chi connectivity index (χ1v) is 12.1. The number of hydrogen-bond donors (Lipinski definition) is 1. The molecule has 6 aromatic rings. The Morgan fingerprint density at radius 2 is 1.94 bits per heavy atom. The van der Waals surface area contributed by atoms with Crippen molar-refractivity contribution >= 4 is 38.3 Å². The lowest BCUT2D eigenvalue weighted by molar-refractivity contribution is 0.625. The zero-order chi connectivity index (χ0) is 24.8. The first-order chi connectivity index (χ1) is 17.5. The van der Waals surface area contributed by atoms with E-state index in [4.69, 9.17) is 0 Å². The normalized spacial score (nSPS) is 12.3. The average Bonchev–Trinajstić information content (AvgIpc) is 3.53. The molecule has 4 heterocycles. The molecule has 36 heavy (non-hydrogen) atoms. The molecule has 0 saturated heterocycles. The number of nitrogens with zero attached hydrogens (tertiary/aromatic N) is 6. The van der Waals surface area contributed by atoms with Crippen LogP contribution in [0.1, 0.15) is 18.7 Å². The molecule has 1 N–H and O–H groups in total. The molecule has 0 unspecified atom stereocenters. The maximum absolute atomic E-state index is 14.3. The van der Waals surface area contributed by atoms with Crippen molar-refractivity contribution in [1.29, 1.82) is 0 Å². The van der Waals surface area contributed by atoms with Crippen LogP contribution in [0.15, 0.2) is 77.6 Å². The second kappa shape index (κ2) is 8.65. The van der Waals surface area contributed by atoms with Crippen LogP contribution in [0, 0.1) is 5.82 Å². The lowest BCUT2D eigenvalue weighted by atomic mass is 9.99. The highest BCUT2D eigenvalue weighted by molar-refractivity contribution is 7.16. The van der Waals surface area contributed by atoms with Crippen molar-refractivity contribution in [1.82, 2.24) is 29.3 Å². The number of halogens is 1. The third-order valence-corrected chi connectivity index (χ3v) is 6.82. The van der Waals surface area contributed by atoms with Gasteiger partial charge in [0.05, 0.1) is 28.8 Å². The number of aromatic nitrogens is 6. The Bertz CT molecular complexity index is 1810. The monoisotopic (exact) mass is 497 g/mol. The first kappa shape index (κ1) is 22.1. The standard InChI is InChI=1S/C26H20FN7OS/c1-15(32-24-23-25(29-13-28-24)36-14-30-23)21-9-16-5-3-8-20(17-11-31-33(2)12-17)22(16)26(35)34(21)19-7-4-6-18(27)10-19/h3-15H,1-2H3,(H,28,29,32)/t15-/m0/s1. The third-order valence-electron chi connectivity index (χ3n) is 6.09. The summed E-state index contributed by atoms with van der Waals surface area (Å²) in [7, 11) is 1.83. The molecular formula is C26H20FN7OS. The van der Waals surface area contributed by atoms with E-state index in [2.05, 4.69) is 25.4 Å². The molecule has 8 nitrogen and oxygen atoms in total. The minimum absolute atomic E-state index is 0.248. The predicted molar refractivity (Wildman–Crippen MR) is 139 cm³/mol. The zero-order valence-electron chi connectivity index (χ0n) is 19.4. The van der Waals surface area contributed by atoms with Crippen LogP contribution in [0.4, 0.5) is 10.2 Å².